The van der Waals surface area contributed by atoms with E-state index in [0.29, 0.717) is 18.9 Å². The lowest BCUT2D eigenvalue weighted by atomic mass is 9.99. The van der Waals surface area contributed by atoms with E-state index in [2.05, 4.69) is 39.0 Å². The summed E-state index contributed by atoms with van der Waals surface area (Å²) in [5.74, 6) is 0.577. The Bertz CT molecular complexity index is 1200. The number of fused-ring (bicyclic) bond motifs is 6. The number of amides is 1. The van der Waals surface area contributed by atoms with E-state index in [9.17, 15) is 4.79 Å². The van der Waals surface area contributed by atoms with Gasteiger partial charge in [-0.05, 0) is 30.9 Å². The van der Waals surface area contributed by atoms with Gasteiger partial charge < -0.3 is 5.32 Å². The Morgan fingerprint density at radius 1 is 1.07 bits per heavy atom. The predicted octanol–water partition coefficient (Wildman–Crippen LogP) is 2.35. The molecule has 0 spiro atoms. The van der Waals surface area contributed by atoms with Gasteiger partial charge in [-0.15, -0.1) is 0 Å². The summed E-state index contributed by atoms with van der Waals surface area (Å²) in [4.78, 5) is 12.4. The topological polar surface area (TPSA) is 90.5 Å². The Hall–Kier alpha value is -3.29. The first-order valence-corrected chi connectivity index (χ1v) is 10.6. The van der Waals surface area contributed by atoms with E-state index in [4.69, 9.17) is 5.10 Å². The van der Waals surface area contributed by atoms with Gasteiger partial charge in [-0.1, -0.05) is 6.08 Å². The van der Waals surface area contributed by atoms with Crippen LogP contribution in [0, 0.1) is 0 Å². The zero-order chi connectivity index (χ0) is 20.2. The number of hydrogen-bond donors (Lipinski definition) is 1. The first kappa shape index (κ1) is 17.6. The van der Waals surface area contributed by atoms with Gasteiger partial charge in [0.25, 0.3) is 0 Å². The molecule has 3 aromatic heterocycles. The smallest absolute Gasteiger partial charge is 0.220 e. The van der Waals surface area contributed by atoms with E-state index in [1.54, 1.807) is 4.68 Å². The molecule has 0 aromatic carbocycles. The van der Waals surface area contributed by atoms with Crippen molar-refractivity contribution in [1.82, 2.24) is 35.1 Å². The Kier molecular flexibility index (Phi) is 3.87. The third-order valence-electron chi connectivity index (χ3n) is 6.13. The van der Waals surface area contributed by atoms with Crippen LogP contribution < -0.4 is 5.32 Å². The summed E-state index contributed by atoms with van der Waals surface area (Å²) in [5.41, 5.74) is 8.25. The fourth-order valence-electron chi connectivity index (χ4n) is 4.46. The van der Waals surface area contributed by atoms with Crippen LogP contribution in [-0.4, -0.2) is 35.7 Å². The number of allylic oxidation sites excluding steroid dienone is 1. The van der Waals surface area contributed by atoms with Crippen LogP contribution in [0.5, 0.6) is 0 Å². The van der Waals surface area contributed by atoms with Gasteiger partial charge in [0.1, 0.15) is 0 Å². The second-order valence-electron chi connectivity index (χ2n) is 8.42. The highest BCUT2D eigenvalue weighted by molar-refractivity contribution is 5.86. The highest BCUT2D eigenvalue weighted by Gasteiger charge is 2.32. The third-order valence-corrected chi connectivity index (χ3v) is 6.13. The van der Waals surface area contributed by atoms with Gasteiger partial charge in [0.05, 0.1) is 29.3 Å². The van der Waals surface area contributed by atoms with E-state index in [0.717, 1.165) is 47.6 Å². The fourth-order valence-corrected chi connectivity index (χ4v) is 4.46. The Balaban J connectivity index is 1.51. The normalized spacial score (nSPS) is 18.3. The van der Waals surface area contributed by atoms with Gasteiger partial charge in [0.15, 0.2) is 0 Å². The molecule has 1 aliphatic heterocycles. The van der Waals surface area contributed by atoms with Crippen LogP contribution in [0.25, 0.3) is 16.8 Å². The van der Waals surface area contributed by atoms with E-state index in [1.165, 1.54) is 29.7 Å². The van der Waals surface area contributed by atoms with Crippen molar-refractivity contribution in [3.05, 3.63) is 52.7 Å². The first-order chi connectivity index (χ1) is 14.7. The van der Waals surface area contributed by atoms with Gasteiger partial charge >= 0.3 is 0 Å². The molecule has 30 heavy (non-hydrogen) atoms. The largest absolute Gasteiger partial charge is 0.350 e. The first-order valence-electron chi connectivity index (χ1n) is 10.6. The Morgan fingerprint density at radius 2 is 1.97 bits per heavy atom. The van der Waals surface area contributed by atoms with Gasteiger partial charge in [-0.25, -0.2) is 0 Å². The molecule has 4 bridgehead atoms. The van der Waals surface area contributed by atoms with Crippen molar-refractivity contribution >= 4 is 11.5 Å². The monoisotopic (exact) mass is 401 g/mol. The Morgan fingerprint density at radius 3 is 2.83 bits per heavy atom. The molecule has 3 aliphatic rings. The van der Waals surface area contributed by atoms with Crippen molar-refractivity contribution in [1.29, 1.82) is 0 Å². The molecule has 0 atom stereocenters. The molecule has 0 saturated heterocycles. The molecule has 152 valence electrons. The Labute approximate surface area is 174 Å². The summed E-state index contributed by atoms with van der Waals surface area (Å²) in [6.45, 7) is 1.12. The highest BCUT2D eigenvalue weighted by atomic mass is 16.1. The van der Waals surface area contributed by atoms with Crippen molar-refractivity contribution in [3.8, 4) is 11.3 Å². The van der Waals surface area contributed by atoms with Crippen LogP contribution in [0.3, 0.4) is 0 Å². The van der Waals surface area contributed by atoms with Crippen LogP contribution in [0.2, 0.25) is 0 Å². The van der Waals surface area contributed by atoms with Crippen LogP contribution in [0.15, 0.2) is 24.5 Å². The van der Waals surface area contributed by atoms with Gasteiger partial charge in [0.2, 0.25) is 5.91 Å². The summed E-state index contributed by atoms with van der Waals surface area (Å²) < 4.78 is 3.78. The van der Waals surface area contributed by atoms with E-state index >= 15 is 0 Å². The summed E-state index contributed by atoms with van der Waals surface area (Å²) in [6, 6.07) is 2.12. The number of carbonyl (C=O) groups excluding carboxylic acids is 1. The predicted molar refractivity (Wildman–Crippen MR) is 110 cm³/mol. The number of hydrogen-bond acceptors (Lipinski definition) is 5. The van der Waals surface area contributed by atoms with Crippen LogP contribution >= 0.6 is 0 Å². The minimum atomic E-state index is 0.0279. The second-order valence-corrected chi connectivity index (χ2v) is 8.42. The number of nitrogens with zero attached hydrogens (tertiary/aromatic N) is 6. The van der Waals surface area contributed by atoms with Crippen molar-refractivity contribution in [3.63, 3.8) is 0 Å². The zero-order valence-electron chi connectivity index (χ0n) is 16.9. The average Bonchev–Trinajstić information content (AvgIpc) is 3.19. The standard InChI is InChI=1S/C22H23N7O/c1-28-11-17-19-9-15-14(6-7-18(15)24-25-19)16-12-29(27-22(16)13-4-5-13)8-2-3-21(30)23-10-20(17)26-28/h6,9,11-13H,2-5,7-8,10H2,1H3,(H,23,30). The number of nitrogens with one attached hydrogen (secondary N) is 1. The number of carbonyl (C=O) groups is 1. The van der Waals surface area contributed by atoms with Crippen LogP contribution in [0.1, 0.15) is 59.8 Å². The molecular formula is C22H23N7O. The quantitative estimate of drug-likeness (QED) is 0.676. The third kappa shape index (κ3) is 2.94. The maximum absolute atomic E-state index is 12.4. The molecule has 4 heterocycles. The van der Waals surface area contributed by atoms with Gasteiger partial charge in [-0.3, -0.25) is 14.2 Å². The molecule has 0 radical (unpaired) electrons. The summed E-state index contributed by atoms with van der Waals surface area (Å²) in [7, 11) is 1.88. The lowest BCUT2D eigenvalue weighted by Gasteiger charge is -2.08. The van der Waals surface area contributed by atoms with E-state index < -0.39 is 0 Å². The molecule has 0 unspecified atom stereocenters. The van der Waals surface area contributed by atoms with Crippen molar-refractivity contribution in [2.75, 3.05) is 0 Å². The molecule has 1 N–H and O–H groups in total. The molecule has 1 amide bonds. The molecule has 3 aromatic rings. The molecule has 8 heteroatoms. The minimum absolute atomic E-state index is 0.0279. The lowest BCUT2D eigenvalue weighted by Crippen LogP contribution is -2.23. The van der Waals surface area contributed by atoms with E-state index in [1.807, 2.05) is 17.9 Å². The fraction of sp³-hybridized carbons (Fsp3) is 0.409. The molecular weight excluding hydrogens is 378 g/mol. The van der Waals surface area contributed by atoms with Crippen molar-refractivity contribution < 1.29 is 4.79 Å². The highest BCUT2D eigenvalue weighted by Crippen LogP contribution is 2.45. The van der Waals surface area contributed by atoms with Crippen molar-refractivity contribution in [2.45, 2.75) is 51.1 Å². The number of aromatic nitrogens is 6. The number of rotatable bonds is 1. The van der Waals surface area contributed by atoms with Gasteiger partial charge in [-0.2, -0.15) is 20.4 Å². The van der Waals surface area contributed by atoms with Crippen LogP contribution in [0.4, 0.5) is 0 Å². The summed E-state index contributed by atoms with van der Waals surface area (Å²) in [5, 5.41) is 21.5. The van der Waals surface area contributed by atoms with Crippen molar-refractivity contribution in [2.24, 2.45) is 7.05 Å². The molecule has 2 aliphatic carbocycles. The molecule has 1 fully saturated rings. The molecule has 6 rings (SSSR count). The number of aryl methyl sites for hydroxylation is 2. The summed E-state index contributed by atoms with van der Waals surface area (Å²) in [6.07, 6.45) is 10.8. The zero-order valence-corrected chi connectivity index (χ0v) is 16.9. The molecule has 1 saturated carbocycles. The average molecular weight is 401 g/mol. The minimum Gasteiger partial charge on any atom is -0.350 e. The lowest BCUT2D eigenvalue weighted by molar-refractivity contribution is -0.121. The maximum Gasteiger partial charge on any atom is 0.220 e. The van der Waals surface area contributed by atoms with Crippen LogP contribution in [-0.2, 0) is 31.4 Å². The SMILES string of the molecule is Cn1cc2c(n1)CNC(=O)CCCn1cc(c(C3CC3)n1)C1=CCc3nnc-2cc31. The maximum atomic E-state index is 12.4. The van der Waals surface area contributed by atoms with Gasteiger partial charge in [0, 0.05) is 61.4 Å². The second kappa shape index (κ2) is 6.62. The summed E-state index contributed by atoms with van der Waals surface area (Å²) >= 11 is 0. The van der Waals surface area contributed by atoms with E-state index in [-0.39, 0.29) is 5.91 Å². The molecule has 8 nitrogen and oxygen atoms in total.